The predicted molar refractivity (Wildman–Crippen MR) is 118 cm³/mol. The van der Waals surface area contributed by atoms with Crippen molar-refractivity contribution in [2.75, 3.05) is 12.1 Å². The summed E-state index contributed by atoms with van der Waals surface area (Å²) in [6.07, 6.45) is 1.01. The minimum Gasteiger partial charge on any atom is -0.461 e. The van der Waals surface area contributed by atoms with E-state index in [1.165, 1.54) is 0 Å². The Kier molecular flexibility index (Phi) is 5.65. The first-order valence-electron chi connectivity index (χ1n) is 10.8. The number of esters is 1. The fourth-order valence-corrected chi connectivity index (χ4v) is 4.62. The molecule has 0 saturated carbocycles. The Bertz CT molecular complexity index is 999. The third kappa shape index (κ3) is 3.75. The highest BCUT2D eigenvalue weighted by molar-refractivity contribution is 6.05. The van der Waals surface area contributed by atoms with Crippen LogP contribution in [0, 0.1) is 11.8 Å². The lowest BCUT2D eigenvalue weighted by Gasteiger charge is -2.44. The number of carbonyl (C=O) groups is 2. The number of ether oxygens (including phenoxy) is 3. The lowest BCUT2D eigenvalue weighted by molar-refractivity contribution is -0.156. The van der Waals surface area contributed by atoms with Crippen LogP contribution in [0.4, 0.5) is 5.69 Å². The largest absolute Gasteiger partial charge is 0.461 e. The van der Waals surface area contributed by atoms with E-state index in [-0.39, 0.29) is 24.6 Å². The highest BCUT2D eigenvalue weighted by atomic mass is 16.7. The summed E-state index contributed by atoms with van der Waals surface area (Å²) in [7, 11) is 0. The molecule has 1 heterocycles. The fraction of sp³-hybridized carbons (Fsp3) is 0.440. The Hall–Kier alpha value is -3.02. The maximum absolute atomic E-state index is 13.6. The van der Waals surface area contributed by atoms with Crippen molar-refractivity contribution < 1.29 is 23.8 Å². The highest BCUT2D eigenvalue weighted by Crippen LogP contribution is 2.42. The molecule has 2 unspecified atom stereocenters. The molecule has 1 aliphatic carbocycles. The van der Waals surface area contributed by atoms with Gasteiger partial charge in [-0.15, -0.1) is 0 Å². The van der Waals surface area contributed by atoms with Gasteiger partial charge in [-0.2, -0.15) is 0 Å². The molecule has 0 aromatic heterocycles. The van der Waals surface area contributed by atoms with Crippen LogP contribution in [-0.4, -0.2) is 30.2 Å². The zero-order valence-electron chi connectivity index (χ0n) is 18.4. The Morgan fingerprint density at radius 3 is 2.58 bits per heavy atom. The highest BCUT2D eigenvalue weighted by Gasteiger charge is 2.54. The van der Waals surface area contributed by atoms with E-state index in [0.29, 0.717) is 29.2 Å². The van der Waals surface area contributed by atoms with E-state index in [1.807, 2.05) is 70.2 Å². The lowest BCUT2D eigenvalue weighted by Crippen LogP contribution is -2.60. The van der Waals surface area contributed by atoms with Crippen molar-refractivity contribution in [3.63, 3.8) is 0 Å². The van der Waals surface area contributed by atoms with Gasteiger partial charge in [-0.3, -0.25) is 4.79 Å². The molecule has 4 rings (SSSR count). The second-order valence-corrected chi connectivity index (χ2v) is 8.78. The van der Waals surface area contributed by atoms with Gasteiger partial charge in [0.15, 0.2) is 17.3 Å². The van der Waals surface area contributed by atoms with Crippen molar-refractivity contribution in [3.05, 3.63) is 53.6 Å². The number of benzene rings is 2. The van der Waals surface area contributed by atoms with E-state index in [1.54, 1.807) is 0 Å². The number of hydrogen-bond acceptors (Lipinski definition) is 6. The molecule has 2 aromatic rings. The average molecular weight is 424 g/mol. The van der Waals surface area contributed by atoms with Crippen LogP contribution < -0.4 is 14.8 Å². The minimum atomic E-state index is -1.22. The molecule has 1 aliphatic heterocycles. The van der Waals surface area contributed by atoms with Gasteiger partial charge in [-0.05, 0) is 50.3 Å². The number of carbonyl (C=O) groups excluding carboxylic acids is 2. The van der Waals surface area contributed by atoms with Crippen LogP contribution >= 0.6 is 0 Å². The maximum atomic E-state index is 13.6. The molecular weight excluding hydrogens is 394 g/mol. The first-order valence-corrected chi connectivity index (χ1v) is 10.8. The molecule has 164 valence electrons. The zero-order valence-corrected chi connectivity index (χ0v) is 18.4. The van der Waals surface area contributed by atoms with Gasteiger partial charge in [0.2, 0.25) is 6.79 Å². The standard InChI is InChI=1S/C25H29NO5/c1-15(2)25(24(28)31-16(3)4,26-18-10-12-21-22(13-18)30-14-29-21)20-11-9-17-7-5-6-8-19(17)23(20)27/h5-8,10,12-13,15-16,20,26H,9,11,14H2,1-4H3. The monoisotopic (exact) mass is 423 g/mol. The first kappa shape index (κ1) is 21.2. The zero-order chi connectivity index (χ0) is 22.2. The third-order valence-corrected chi connectivity index (χ3v) is 6.17. The normalized spacial score (nSPS) is 19.2. The van der Waals surface area contributed by atoms with E-state index < -0.39 is 17.4 Å². The Balaban J connectivity index is 1.78. The molecule has 2 aromatic carbocycles. The number of nitrogens with one attached hydrogen (secondary N) is 1. The van der Waals surface area contributed by atoms with Gasteiger partial charge in [-0.1, -0.05) is 38.1 Å². The lowest BCUT2D eigenvalue weighted by atomic mass is 9.66. The summed E-state index contributed by atoms with van der Waals surface area (Å²) in [5.41, 5.74) is 1.18. The van der Waals surface area contributed by atoms with Gasteiger partial charge in [0.05, 0.1) is 12.0 Å². The number of rotatable bonds is 6. The Morgan fingerprint density at radius 1 is 1.10 bits per heavy atom. The molecule has 0 radical (unpaired) electrons. The van der Waals surface area contributed by atoms with E-state index >= 15 is 0 Å². The number of hydrogen-bond donors (Lipinski definition) is 1. The van der Waals surface area contributed by atoms with Gasteiger partial charge in [0.25, 0.3) is 0 Å². The van der Waals surface area contributed by atoms with Gasteiger partial charge in [-0.25, -0.2) is 4.79 Å². The summed E-state index contributed by atoms with van der Waals surface area (Å²) in [5.74, 6) is 0.0770. The van der Waals surface area contributed by atoms with E-state index in [2.05, 4.69) is 5.32 Å². The summed E-state index contributed by atoms with van der Waals surface area (Å²) in [5, 5.41) is 3.43. The molecule has 0 amide bonds. The van der Waals surface area contributed by atoms with Gasteiger partial charge in [0, 0.05) is 17.3 Å². The van der Waals surface area contributed by atoms with Crippen LogP contribution in [0.25, 0.3) is 0 Å². The number of Topliss-reactive ketones (excluding diaryl/α,β-unsaturated/α-hetero) is 1. The van der Waals surface area contributed by atoms with E-state index in [4.69, 9.17) is 14.2 Å². The van der Waals surface area contributed by atoms with E-state index in [9.17, 15) is 9.59 Å². The second kappa shape index (κ2) is 8.25. The predicted octanol–water partition coefficient (Wildman–Crippen LogP) is 4.62. The van der Waals surface area contributed by atoms with Crippen molar-refractivity contribution in [2.45, 2.75) is 52.2 Å². The summed E-state index contributed by atoms with van der Waals surface area (Å²) in [6, 6.07) is 13.1. The topological polar surface area (TPSA) is 73.9 Å². The summed E-state index contributed by atoms with van der Waals surface area (Å²) < 4.78 is 16.6. The van der Waals surface area contributed by atoms with Crippen LogP contribution in [0.3, 0.4) is 0 Å². The van der Waals surface area contributed by atoms with Gasteiger partial charge >= 0.3 is 5.97 Å². The van der Waals surface area contributed by atoms with Gasteiger partial charge < -0.3 is 19.5 Å². The second-order valence-electron chi connectivity index (χ2n) is 8.78. The Morgan fingerprint density at radius 2 is 1.84 bits per heavy atom. The van der Waals surface area contributed by atoms with Crippen molar-refractivity contribution >= 4 is 17.4 Å². The van der Waals surface area contributed by atoms with Crippen molar-refractivity contribution in [1.29, 1.82) is 0 Å². The minimum absolute atomic E-state index is 0.0236. The molecule has 0 spiro atoms. The molecule has 0 bridgehead atoms. The van der Waals surface area contributed by atoms with Crippen LogP contribution in [0.15, 0.2) is 42.5 Å². The summed E-state index contributed by atoms with van der Waals surface area (Å²) >= 11 is 0. The smallest absolute Gasteiger partial charge is 0.333 e. The van der Waals surface area contributed by atoms with Crippen LogP contribution in [0.1, 0.15) is 50.0 Å². The van der Waals surface area contributed by atoms with Crippen molar-refractivity contribution in [2.24, 2.45) is 11.8 Å². The molecular formula is C25H29NO5. The van der Waals surface area contributed by atoms with Gasteiger partial charge in [0.1, 0.15) is 5.54 Å². The van der Waals surface area contributed by atoms with E-state index in [0.717, 1.165) is 12.0 Å². The van der Waals surface area contributed by atoms with Crippen molar-refractivity contribution in [1.82, 2.24) is 0 Å². The molecule has 0 saturated heterocycles. The number of anilines is 1. The van der Waals surface area contributed by atoms with Crippen LogP contribution in [0.5, 0.6) is 11.5 Å². The summed E-state index contributed by atoms with van der Waals surface area (Å²) in [4.78, 5) is 27.3. The number of ketones is 1. The maximum Gasteiger partial charge on any atom is 0.333 e. The van der Waals surface area contributed by atoms with Crippen LogP contribution in [0.2, 0.25) is 0 Å². The number of aryl methyl sites for hydroxylation is 1. The molecule has 2 atom stereocenters. The molecule has 1 N–H and O–H groups in total. The molecule has 31 heavy (non-hydrogen) atoms. The quantitative estimate of drug-likeness (QED) is 0.684. The Labute approximate surface area is 182 Å². The average Bonchev–Trinajstić information content (AvgIpc) is 3.20. The number of fused-ring (bicyclic) bond motifs is 2. The van der Waals surface area contributed by atoms with Crippen molar-refractivity contribution in [3.8, 4) is 11.5 Å². The first-order chi connectivity index (χ1) is 14.8. The third-order valence-electron chi connectivity index (χ3n) is 6.17. The molecule has 2 aliphatic rings. The SMILES string of the molecule is CC(C)OC(=O)C(Nc1ccc2c(c1)OCO2)(C(C)C)C1CCc2ccccc2C1=O. The van der Waals surface area contributed by atoms with Crippen LogP contribution in [-0.2, 0) is 16.0 Å². The molecule has 0 fully saturated rings. The summed E-state index contributed by atoms with van der Waals surface area (Å²) in [6.45, 7) is 7.72. The fourth-order valence-electron chi connectivity index (χ4n) is 4.62. The molecule has 6 heteroatoms. The molecule has 6 nitrogen and oxygen atoms in total.